The van der Waals surface area contributed by atoms with Crippen LogP contribution in [0.1, 0.15) is 65.5 Å². The van der Waals surface area contributed by atoms with E-state index in [0.717, 1.165) is 67.9 Å². The Morgan fingerprint density at radius 1 is 0.595 bits per heavy atom. The largest absolute Gasteiger partial charge is 0.351 e. The summed E-state index contributed by atoms with van der Waals surface area (Å²) >= 11 is 0. The maximum atomic E-state index is 12.4. The molecular formula is C29H46N6O2. The van der Waals surface area contributed by atoms with Crippen molar-refractivity contribution in [2.24, 2.45) is 11.5 Å². The molecule has 2 unspecified atom stereocenters. The minimum atomic E-state index is -0.448. The zero-order chi connectivity index (χ0) is 27.5. The van der Waals surface area contributed by atoms with Gasteiger partial charge in [0.15, 0.2) is 0 Å². The second-order valence-corrected chi connectivity index (χ2v) is 9.15. The van der Waals surface area contributed by atoms with Gasteiger partial charge in [-0.15, -0.1) is 0 Å². The van der Waals surface area contributed by atoms with E-state index in [9.17, 15) is 9.59 Å². The molecule has 0 saturated heterocycles. The van der Waals surface area contributed by atoms with Crippen molar-refractivity contribution in [2.75, 3.05) is 36.0 Å². The van der Waals surface area contributed by atoms with Gasteiger partial charge in [-0.05, 0) is 80.8 Å². The number of nitrogens with zero attached hydrogens (tertiary/aromatic N) is 4. The van der Waals surface area contributed by atoms with Gasteiger partial charge < -0.3 is 11.5 Å². The van der Waals surface area contributed by atoms with Crippen molar-refractivity contribution < 1.29 is 9.59 Å². The highest BCUT2D eigenvalue weighted by Gasteiger charge is 2.27. The summed E-state index contributed by atoms with van der Waals surface area (Å²) in [4.78, 5) is 32.6. The average molecular weight is 511 g/mol. The van der Waals surface area contributed by atoms with Crippen molar-refractivity contribution in [3.05, 3.63) is 59.7 Å². The van der Waals surface area contributed by atoms with Gasteiger partial charge in [0.25, 0.3) is 0 Å². The summed E-state index contributed by atoms with van der Waals surface area (Å²) in [5, 5.41) is 0. The molecule has 204 valence electrons. The number of urea groups is 2. The predicted octanol–water partition coefficient (Wildman–Crippen LogP) is 5.20. The molecule has 4 N–H and O–H groups in total. The van der Waals surface area contributed by atoms with Crippen LogP contribution in [-0.4, -0.2) is 60.4 Å². The zero-order valence-electron chi connectivity index (χ0n) is 23.5. The topological polar surface area (TPSA) is 99.1 Å². The first-order valence-electron chi connectivity index (χ1n) is 13.6. The SMILES string of the molecule is CCC(N(CC)CC)N(C(N)=O)c1ccc(Cc2ccc(N(C(N)=O)C(CC)N(CC)CC)cc2)cc1. The van der Waals surface area contributed by atoms with Gasteiger partial charge >= 0.3 is 12.1 Å². The Bertz CT molecular complexity index is 891. The van der Waals surface area contributed by atoms with Crippen molar-refractivity contribution in [2.45, 2.75) is 73.1 Å². The van der Waals surface area contributed by atoms with E-state index in [1.54, 1.807) is 9.80 Å². The van der Waals surface area contributed by atoms with E-state index in [2.05, 4.69) is 51.3 Å². The van der Waals surface area contributed by atoms with E-state index in [1.807, 2.05) is 48.5 Å². The molecule has 2 aromatic rings. The molecule has 0 fully saturated rings. The number of anilines is 2. The van der Waals surface area contributed by atoms with Gasteiger partial charge in [0.05, 0.1) is 12.3 Å². The summed E-state index contributed by atoms with van der Waals surface area (Å²) < 4.78 is 0. The van der Waals surface area contributed by atoms with Gasteiger partial charge in [0.1, 0.15) is 0 Å². The smallest absolute Gasteiger partial charge is 0.320 e. The van der Waals surface area contributed by atoms with E-state index in [0.29, 0.717) is 0 Å². The van der Waals surface area contributed by atoms with Gasteiger partial charge in [0, 0.05) is 11.4 Å². The third-order valence-corrected chi connectivity index (χ3v) is 7.11. The molecule has 0 aliphatic heterocycles. The molecule has 4 amide bonds. The Hall–Kier alpha value is -3.10. The van der Waals surface area contributed by atoms with Crippen molar-refractivity contribution in [1.29, 1.82) is 0 Å². The lowest BCUT2D eigenvalue weighted by atomic mass is 10.0. The number of amides is 4. The van der Waals surface area contributed by atoms with Crippen LogP contribution in [0.5, 0.6) is 0 Å². The number of rotatable bonds is 14. The third kappa shape index (κ3) is 7.46. The van der Waals surface area contributed by atoms with Crippen LogP contribution in [0.3, 0.4) is 0 Å². The van der Waals surface area contributed by atoms with Gasteiger partial charge in [-0.3, -0.25) is 19.6 Å². The van der Waals surface area contributed by atoms with E-state index in [-0.39, 0.29) is 12.3 Å². The molecular weight excluding hydrogens is 464 g/mol. The minimum absolute atomic E-state index is 0.0811. The fourth-order valence-electron chi connectivity index (χ4n) is 5.18. The Balaban J connectivity index is 2.23. The molecule has 0 aliphatic carbocycles. The van der Waals surface area contributed by atoms with E-state index in [4.69, 9.17) is 11.5 Å². The molecule has 8 heteroatoms. The maximum Gasteiger partial charge on any atom is 0.320 e. The van der Waals surface area contributed by atoms with E-state index in [1.165, 1.54) is 0 Å². The summed E-state index contributed by atoms with van der Waals surface area (Å²) in [7, 11) is 0. The second kappa shape index (κ2) is 14.6. The molecule has 0 aromatic heterocycles. The Kier molecular flexibility index (Phi) is 11.9. The molecule has 0 saturated carbocycles. The van der Waals surface area contributed by atoms with Crippen LogP contribution < -0.4 is 21.3 Å². The van der Waals surface area contributed by atoms with Crippen molar-refractivity contribution >= 4 is 23.4 Å². The lowest BCUT2D eigenvalue weighted by molar-refractivity contribution is 0.198. The summed E-state index contributed by atoms with van der Waals surface area (Å²) in [5.74, 6) is 0. The summed E-state index contributed by atoms with van der Waals surface area (Å²) in [6, 6.07) is 15.1. The van der Waals surface area contributed by atoms with Crippen LogP contribution in [0.15, 0.2) is 48.5 Å². The van der Waals surface area contributed by atoms with Gasteiger partial charge in [-0.2, -0.15) is 0 Å². The van der Waals surface area contributed by atoms with Crippen LogP contribution in [0.25, 0.3) is 0 Å². The Morgan fingerprint density at radius 2 is 0.892 bits per heavy atom. The van der Waals surface area contributed by atoms with Crippen molar-refractivity contribution in [3.63, 3.8) is 0 Å². The lowest BCUT2D eigenvalue weighted by Crippen LogP contribution is -2.53. The number of primary amides is 2. The molecule has 2 rings (SSSR count). The van der Waals surface area contributed by atoms with E-state index < -0.39 is 12.1 Å². The molecule has 0 bridgehead atoms. The highest BCUT2D eigenvalue weighted by molar-refractivity contribution is 5.92. The summed E-state index contributed by atoms with van der Waals surface area (Å²) in [6.07, 6.45) is 2.14. The summed E-state index contributed by atoms with van der Waals surface area (Å²) in [5.41, 5.74) is 15.4. The third-order valence-electron chi connectivity index (χ3n) is 7.11. The van der Waals surface area contributed by atoms with Crippen LogP contribution in [0.2, 0.25) is 0 Å². The first-order chi connectivity index (χ1) is 17.8. The number of hydrogen-bond acceptors (Lipinski definition) is 4. The highest BCUT2D eigenvalue weighted by atomic mass is 16.2. The minimum Gasteiger partial charge on any atom is -0.351 e. The number of nitrogens with two attached hydrogens (primary N) is 2. The first kappa shape index (κ1) is 30.1. The quantitative estimate of drug-likeness (QED) is 0.341. The van der Waals surface area contributed by atoms with Crippen molar-refractivity contribution in [3.8, 4) is 0 Å². The predicted molar refractivity (Wildman–Crippen MR) is 154 cm³/mol. The molecule has 0 heterocycles. The number of carbonyl (C=O) groups is 2. The first-order valence-corrected chi connectivity index (χ1v) is 13.6. The normalized spacial score (nSPS) is 13.0. The molecule has 8 nitrogen and oxygen atoms in total. The lowest BCUT2D eigenvalue weighted by Gasteiger charge is -2.37. The molecule has 0 aliphatic rings. The van der Waals surface area contributed by atoms with Crippen molar-refractivity contribution in [1.82, 2.24) is 9.80 Å². The zero-order valence-corrected chi connectivity index (χ0v) is 23.5. The second-order valence-electron chi connectivity index (χ2n) is 9.15. The van der Waals surface area contributed by atoms with Gasteiger partial charge in [-0.1, -0.05) is 65.8 Å². The van der Waals surface area contributed by atoms with Crippen LogP contribution in [0.4, 0.5) is 21.0 Å². The number of carbonyl (C=O) groups excluding carboxylic acids is 2. The maximum absolute atomic E-state index is 12.4. The fraction of sp³-hybridized carbons (Fsp3) is 0.517. The Labute approximate surface area is 223 Å². The van der Waals surface area contributed by atoms with Crippen LogP contribution >= 0.6 is 0 Å². The Morgan fingerprint density at radius 3 is 1.11 bits per heavy atom. The fourth-order valence-corrected chi connectivity index (χ4v) is 5.18. The molecule has 0 radical (unpaired) electrons. The molecule has 2 atom stereocenters. The average Bonchev–Trinajstić information content (AvgIpc) is 2.90. The molecule has 37 heavy (non-hydrogen) atoms. The van der Waals surface area contributed by atoms with Gasteiger partial charge in [0.2, 0.25) is 0 Å². The van der Waals surface area contributed by atoms with E-state index >= 15 is 0 Å². The molecule has 2 aromatic carbocycles. The van der Waals surface area contributed by atoms with Crippen LogP contribution in [-0.2, 0) is 6.42 Å². The number of benzene rings is 2. The summed E-state index contributed by atoms with van der Waals surface area (Å²) in [6.45, 7) is 15.9. The standard InChI is InChI=1S/C29H46N6O2/c1-7-26(32(9-3)10-4)34(28(30)36)24-17-13-22(14-18-24)21-23-15-19-25(20-16-23)35(29(31)37)27(8-2)33(11-5)12-6/h13-20,26-27H,7-12,21H2,1-6H3,(H2,30,36)(H2,31,37). The number of hydrogen-bond donors (Lipinski definition) is 2. The van der Waals surface area contributed by atoms with Gasteiger partial charge in [-0.25, -0.2) is 9.59 Å². The monoisotopic (exact) mass is 510 g/mol. The molecule has 0 spiro atoms. The highest BCUT2D eigenvalue weighted by Crippen LogP contribution is 2.25. The van der Waals surface area contributed by atoms with Crippen LogP contribution in [0, 0.1) is 0 Å².